The number of hydrogen-bond acceptors (Lipinski definition) is 5. The number of piperidine rings is 1. The standard InChI is InChI=1S/C20H31N5O/c26-19(20(7-3-1-4-8-20)25-11-5-2-6-12-25)24-15-13-23(14-16-24)18-17-21-9-10-22-18/h9-10,17H,1-8,11-16H2. The molecular weight excluding hydrogens is 326 g/mol. The Balaban J connectivity index is 1.45. The monoisotopic (exact) mass is 357 g/mol. The maximum absolute atomic E-state index is 13.7. The lowest BCUT2D eigenvalue weighted by atomic mass is 9.78. The average molecular weight is 358 g/mol. The maximum atomic E-state index is 13.7. The molecule has 0 radical (unpaired) electrons. The molecule has 0 aromatic carbocycles. The van der Waals surface area contributed by atoms with Gasteiger partial charge in [0.15, 0.2) is 0 Å². The summed E-state index contributed by atoms with van der Waals surface area (Å²) in [5.41, 5.74) is -0.215. The normalized spacial score (nSPS) is 24.5. The second kappa shape index (κ2) is 7.91. The first-order valence-corrected chi connectivity index (χ1v) is 10.3. The Morgan fingerprint density at radius 2 is 1.54 bits per heavy atom. The Labute approximate surface area is 156 Å². The van der Waals surface area contributed by atoms with Crippen molar-refractivity contribution in [3.05, 3.63) is 18.6 Å². The molecule has 0 spiro atoms. The summed E-state index contributed by atoms with van der Waals surface area (Å²) >= 11 is 0. The number of anilines is 1. The van der Waals surface area contributed by atoms with E-state index in [1.165, 1.54) is 38.5 Å². The molecule has 6 heteroatoms. The average Bonchev–Trinajstić information content (AvgIpc) is 2.75. The van der Waals surface area contributed by atoms with Gasteiger partial charge in [0.2, 0.25) is 5.91 Å². The van der Waals surface area contributed by atoms with Crippen LogP contribution in [0.25, 0.3) is 0 Å². The number of aromatic nitrogens is 2. The number of likely N-dealkylation sites (tertiary alicyclic amines) is 1. The Hall–Kier alpha value is -1.69. The van der Waals surface area contributed by atoms with Gasteiger partial charge in [0.1, 0.15) is 11.4 Å². The van der Waals surface area contributed by atoms with Gasteiger partial charge in [-0.2, -0.15) is 0 Å². The highest BCUT2D eigenvalue weighted by Crippen LogP contribution is 2.37. The Morgan fingerprint density at radius 1 is 0.846 bits per heavy atom. The zero-order chi connectivity index (χ0) is 17.8. The zero-order valence-corrected chi connectivity index (χ0v) is 15.8. The fraction of sp³-hybridized carbons (Fsp3) is 0.750. The topological polar surface area (TPSA) is 52.6 Å². The van der Waals surface area contributed by atoms with Gasteiger partial charge in [-0.1, -0.05) is 25.7 Å². The van der Waals surface area contributed by atoms with Crippen LogP contribution in [-0.2, 0) is 4.79 Å². The molecule has 1 aromatic rings. The molecule has 4 rings (SSSR count). The highest BCUT2D eigenvalue weighted by molar-refractivity contribution is 5.87. The number of rotatable bonds is 3. The van der Waals surface area contributed by atoms with Gasteiger partial charge in [-0.15, -0.1) is 0 Å². The first kappa shape index (κ1) is 17.7. The lowest BCUT2D eigenvalue weighted by Crippen LogP contribution is -2.64. The molecule has 1 aliphatic carbocycles. The molecule has 1 amide bonds. The van der Waals surface area contributed by atoms with Crippen molar-refractivity contribution in [2.24, 2.45) is 0 Å². The number of hydrogen-bond donors (Lipinski definition) is 0. The van der Waals surface area contributed by atoms with E-state index in [9.17, 15) is 4.79 Å². The van der Waals surface area contributed by atoms with Crippen molar-refractivity contribution >= 4 is 11.7 Å². The van der Waals surface area contributed by atoms with Gasteiger partial charge in [0.05, 0.1) is 6.20 Å². The summed E-state index contributed by atoms with van der Waals surface area (Å²) in [7, 11) is 0. The highest BCUT2D eigenvalue weighted by Gasteiger charge is 2.47. The van der Waals surface area contributed by atoms with Crippen molar-refractivity contribution in [3.63, 3.8) is 0 Å². The molecule has 2 aliphatic heterocycles. The SMILES string of the molecule is O=C(N1CCN(c2cnccn2)CC1)C1(N2CCCCC2)CCCCC1. The summed E-state index contributed by atoms with van der Waals surface area (Å²) in [6, 6.07) is 0. The fourth-order valence-electron chi connectivity index (χ4n) is 5.01. The molecule has 0 atom stereocenters. The van der Waals surface area contributed by atoms with E-state index in [1.54, 1.807) is 12.4 Å². The van der Waals surface area contributed by atoms with E-state index in [4.69, 9.17) is 0 Å². The smallest absolute Gasteiger partial charge is 0.243 e. The van der Waals surface area contributed by atoms with Crippen LogP contribution in [0.4, 0.5) is 5.82 Å². The van der Waals surface area contributed by atoms with E-state index in [1.807, 2.05) is 6.20 Å². The van der Waals surface area contributed by atoms with Gasteiger partial charge < -0.3 is 9.80 Å². The van der Waals surface area contributed by atoms with Crippen LogP contribution in [-0.4, -0.2) is 70.5 Å². The van der Waals surface area contributed by atoms with Gasteiger partial charge in [-0.3, -0.25) is 14.7 Å². The number of carbonyl (C=O) groups is 1. The molecule has 2 saturated heterocycles. The second-order valence-corrected chi connectivity index (χ2v) is 7.98. The third-order valence-corrected chi connectivity index (χ3v) is 6.48. The van der Waals surface area contributed by atoms with Crippen molar-refractivity contribution in [1.29, 1.82) is 0 Å². The van der Waals surface area contributed by atoms with Crippen molar-refractivity contribution in [1.82, 2.24) is 19.8 Å². The predicted octanol–water partition coefficient (Wildman–Crippen LogP) is 2.31. The third-order valence-electron chi connectivity index (χ3n) is 6.48. The molecule has 3 fully saturated rings. The molecule has 3 heterocycles. The van der Waals surface area contributed by atoms with E-state index in [-0.39, 0.29) is 5.54 Å². The van der Waals surface area contributed by atoms with Crippen LogP contribution in [0.5, 0.6) is 0 Å². The van der Waals surface area contributed by atoms with Crippen molar-refractivity contribution in [2.45, 2.75) is 56.9 Å². The minimum Gasteiger partial charge on any atom is -0.352 e. The van der Waals surface area contributed by atoms with Gasteiger partial charge in [-0.25, -0.2) is 4.98 Å². The number of amides is 1. The first-order valence-electron chi connectivity index (χ1n) is 10.3. The van der Waals surface area contributed by atoms with Crippen LogP contribution in [0, 0.1) is 0 Å². The van der Waals surface area contributed by atoms with Crippen LogP contribution in [0.3, 0.4) is 0 Å². The van der Waals surface area contributed by atoms with Crippen molar-refractivity contribution in [2.75, 3.05) is 44.2 Å². The van der Waals surface area contributed by atoms with Crippen LogP contribution in [0.2, 0.25) is 0 Å². The van der Waals surface area contributed by atoms with Crippen LogP contribution in [0.15, 0.2) is 18.6 Å². The molecule has 3 aliphatic rings. The lowest BCUT2D eigenvalue weighted by Gasteiger charge is -2.49. The summed E-state index contributed by atoms with van der Waals surface area (Å²) < 4.78 is 0. The minimum absolute atomic E-state index is 0.215. The zero-order valence-electron chi connectivity index (χ0n) is 15.8. The van der Waals surface area contributed by atoms with Gasteiger partial charge >= 0.3 is 0 Å². The van der Waals surface area contributed by atoms with Gasteiger partial charge in [0, 0.05) is 38.6 Å². The minimum atomic E-state index is -0.215. The Morgan fingerprint density at radius 3 is 2.19 bits per heavy atom. The van der Waals surface area contributed by atoms with E-state index >= 15 is 0 Å². The highest BCUT2D eigenvalue weighted by atomic mass is 16.2. The predicted molar refractivity (Wildman–Crippen MR) is 102 cm³/mol. The molecule has 0 N–H and O–H groups in total. The Bertz CT molecular complexity index is 587. The van der Waals surface area contributed by atoms with Gasteiger partial charge in [0.25, 0.3) is 0 Å². The van der Waals surface area contributed by atoms with E-state index < -0.39 is 0 Å². The lowest BCUT2D eigenvalue weighted by molar-refractivity contribution is -0.148. The van der Waals surface area contributed by atoms with E-state index in [0.29, 0.717) is 5.91 Å². The Kier molecular flexibility index (Phi) is 5.38. The van der Waals surface area contributed by atoms with Crippen molar-refractivity contribution in [3.8, 4) is 0 Å². The maximum Gasteiger partial charge on any atom is 0.243 e. The largest absolute Gasteiger partial charge is 0.352 e. The van der Waals surface area contributed by atoms with E-state index in [2.05, 4.69) is 24.7 Å². The molecule has 26 heavy (non-hydrogen) atoms. The molecule has 1 saturated carbocycles. The van der Waals surface area contributed by atoms with Crippen LogP contribution >= 0.6 is 0 Å². The van der Waals surface area contributed by atoms with Crippen LogP contribution < -0.4 is 4.90 Å². The number of piperazine rings is 1. The number of carbonyl (C=O) groups excluding carboxylic acids is 1. The first-order chi connectivity index (χ1) is 12.8. The van der Waals surface area contributed by atoms with Crippen LogP contribution in [0.1, 0.15) is 51.4 Å². The molecule has 6 nitrogen and oxygen atoms in total. The summed E-state index contributed by atoms with van der Waals surface area (Å²) in [4.78, 5) is 29.1. The third kappa shape index (κ3) is 3.43. The molecule has 0 unspecified atom stereocenters. The molecular formula is C20H31N5O. The summed E-state index contributed by atoms with van der Waals surface area (Å²) in [6.45, 7) is 5.49. The van der Waals surface area contributed by atoms with Gasteiger partial charge in [-0.05, 0) is 38.8 Å². The second-order valence-electron chi connectivity index (χ2n) is 7.98. The molecule has 1 aromatic heterocycles. The molecule has 0 bridgehead atoms. The summed E-state index contributed by atoms with van der Waals surface area (Å²) in [6.07, 6.45) is 14.8. The molecule has 142 valence electrons. The quantitative estimate of drug-likeness (QED) is 0.831. The summed E-state index contributed by atoms with van der Waals surface area (Å²) in [5.74, 6) is 1.32. The fourth-order valence-corrected chi connectivity index (χ4v) is 5.01. The summed E-state index contributed by atoms with van der Waals surface area (Å²) in [5, 5.41) is 0. The number of nitrogens with zero attached hydrogens (tertiary/aromatic N) is 5. The van der Waals surface area contributed by atoms with Crippen molar-refractivity contribution < 1.29 is 4.79 Å². The van der Waals surface area contributed by atoms with E-state index in [0.717, 1.165) is 57.9 Å².